The largest absolute Gasteiger partial charge is 0.451 e. The zero-order chi connectivity index (χ0) is 20.1. The first-order chi connectivity index (χ1) is 13.5. The van der Waals surface area contributed by atoms with E-state index >= 15 is 0 Å². The van der Waals surface area contributed by atoms with Gasteiger partial charge in [-0.05, 0) is 49.4 Å². The highest BCUT2D eigenvalue weighted by atomic mass is 32.1. The standard InChI is InChI=1S/C20H19N3O4S/c1-13(18(24)22-15-6-2-5-14(11-15)12-21)27-20(26)16-7-3-9-23(16)19(25)17-8-4-10-28-17/h2,4-6,8,10-11,13,16H,3,7,9H2,1H3,(H,22,24)/t13-,16+/m1/s1. The maximum Gasteiger partial charge on any atom is 0.329 e. The van der Waals surface area contributed by atoms with Gasteiger partial charge in [0.15, 0.2) is 6.10 Å². The summed E-state index contributed by atoms with van der Waals surface area (Å²) in [4.78, 5) is 39.5. The average molecular weight is 397 g/mol. The summed E-state index contributed by atoms with van der Waals surface area (Å²) in [6, 6.07) is 11.3. The number of anilines is 1. The number of esters is 1. The van der Waals surface area contributed by atoms with Crippen molar-refractivity contribution in [1.82, 2.24) is 4.90 Å². The summed E-state index contributed by atoms with van der Waals surface area (Å²) in [6.45, 7) is 1.96. The Morgan fingerprint density at radius 3 is 2.86 bits per heavy atom. The Kier molecular flexibility index (Phi) is 6.06. The number of carbonyl (C=O) groups is 3. The Bertz CT molecular complexity index is 920. The molecule has 0 unspecified atom stereocenters. The van der Waals surface area contributed by atoms with Crippen molar-refractivity contribution < 1.29 is 19.1 Å². The quantitative estimate of drug-likeness (QED) is 0.782. The number of rotatable bonds is 5. The van der Waals surface area contributed by atoms with Gasteiger partial charge in [0.2, 0.25) is 0 Å². The molecule has 0 aliphatic carbocycles. The number of benzene rings is 1. The molecular weight excluding hydrogens is 378 g/mol. The van der Waals surface area contributed by atoms with Gasteiger partial charge in [0.05, 0.1) is 16.5 Å². The molecule has 28 heavy (non-hydrogen) atoms. The fraction of sp³-hybridized carbons (Fsp3) is 0.300. The molecule has 2 amide bonds. The summed E-state index contributed by atoms with van der Waals surface area (Å²) in [5.74, 6) is -1.28. The van der Waals surface area contributed by atoms with Crippen LogP contribution in [0.1, 0.15) is 35.0 Å². The zero-order valence-corrected chi connectivity index (χ0v) is 16.1. The third kappa shape index (κ3) is 4.38. The number of carbonyl (C=O) groups excluding carboxylic acids is 3. The van der Waals surface area contributed by atoms with Crippen molar-refractivity contribution in [3.63, 3.8) is 0 Å². The van der Waals surface area contributed by atoms with Gasteiger partial charge in [0.25, 0.3) is 11.8 Å². The second kappa shape index (κ2) is 8.67. The predicted molar refractivity (Wildman–Crippen MR) is 104 cm³/mol. The van der Waals surface area contributed by atoms with Gasteiger partial charge in [-0.25, -0.2) is 4.79 Å². The summed E-state index contributed by atoms with van der Waals surface area (Å²) < 4.78 is 5.32. The number of thiophene rings is 1. The van der Waals surface area contributed by atoms with Gasteiger partial charge >= 0.3 is 5.97 Å². The van der Waals surface area contributed by atoms with Crippen molar-refractivity contribution in [3.8, 4) is 6.07 Å². The van der Waals surface area contributed by atoms with Gasteiger partial charge in [0.1, 0.15) is 6.04 Å². The van der Waals surface area contributed by atoms with Crippen LogP contribution in [-0.2, 0) is 14.3 Å². The second-order valence-electron chi connectivity index (χ2n) is 6.39. The highest BCUT2D eigenvalue weighted by Gasteiger charge is 2.37. The maximum absolute atomic E-state index is 12.6. The fourth-order valence-electron chi connectivity index (χ4n) is 3.01. The highest BCUT2D eigenvalue weighted by molar-refractivity contribution is 7.12. The number of hydrogen-bond acceptors (Lipinski definition) is 6. The molecule has 7 nitrogen and oxygen atoms in total. The SMILES string of the molecule is C[C@@H](OC(=O)[C@@H]1CCCN1C(=O)c1cccs1)C(=O)Nc1cccc(C#N)c1. The van der Waals surface area contributed by atoms with Gasteiger partial charge in [0, 0.05) is 12.2 Å². The second-order valence-corrected chi connectivity index (χ2v) is 7.34. The van der Waals surface area contributed by atoms with Gasteiger partial charge in [-0.3, -0.25) is 9.59 Å². The van der Waals surface area contributed by atoms with Crippen LogP contribution in [0.2, 0.25) is 0 Å². The smallest absolute Gasteiger partial charge is 0.329 e. The normalized spacial score (nSPS) is 16.9. The summed E-state index contributed by atoms with van der Waals surface area (Å²) in [5.41, 5.74) is 0.860. The van der Waals surface area contributed by atoms with Gasteiger partial charge in [-0.2, -0.15) is 5.26 Å². The third-order valence-corrected chi connectivity index (χ3v) is 5.30. The van der Waals surface area contributed by atoms with Gasteiger partial charge in [-0.1, -0.05) is 12.1 Å². The Morgan fingerprint density at radius 2 is 2.14 bits per heavy atom. The van der Waals surface area contributed by atoms with Crippen molar-refractivity contribution in [2.24, 2.45) is 0 Å². The average Bonchev–Trinajstić information content (AvgIpc) is 3.39. The van der Waals surface area contributed by atoms with E-state index < -0.39 is 24.0 Å². The van der Waals surface area contributed by atoms with Crippen molar-refractivity contribution in [1.29, 1.82) is 5.26 Å². The number of hydrogen-bond donors (Lipinski definition) is 1. The van der Waals surface area contributed by atoms with E-state index in [4.69, 9.17) is 10.00 Å². The Morgan fingerprint density at radius 1 is 1.32 bits per heavy atom. The lowest BCUT2D eigenvalue weighted by Gasteiger charge is -2.24. The predicted octanol–water partition coefficient (Wildman–Crippen LogP) is 2.79. The van der Waals surface area contributed by atoms with Crippen LogP contribution in [-0.4, -0.2) is 41.4 Å². The minimum atomic E-state index is -1.03. The van der Waals surface area contributed by atoms with E-state index in [1.807, 2.05) is 11.4 Å². The van der Waals surface area contributed by atoms with Crippen molar-refractivity contribution in [2.75, 3.05) is 11.9 Å². The van der Waals surface area contributed by atoms with Crippen molar-refractivity contribution >= 4 is 34.8 Å². The molecule has 0 spiro atoms. The molecule has 0 radical (unpaired) electrons. The molecule has 1 fully saturated rings. The van der Waals surface area contributed by atoms with Crippen molar-refractivity contribution in [2.45, 2.75) is 31.9 Å². The fourth-order valence-corrected chi connectivity index (χ4v) is 3.69. The van der Waals surface area contributed by atoms with E-state index in [9.17, 15) is 14.4 Å². The number of ether oxygens (including phenoxy) is 1. The maximum atomic E-state index is 12.6. The summed E-state index contributed by atoms with van der Waals surface area (Å²) >= 11 is 1.32. The summed E-state index contributed by atoms with van der Waals surface area (Å²) in [6.07, 6.45) is 0.185. The van der Waals surface area contributed by atoms with Gasteiger partial charge in [-0.15, -0.1) is 11.3 Å². The van der Waals surface area contributed by atoms with Crippen LogP contribution in [0, 0.1) is 11.3 Å². The molecule has 1 aromatic carbocycles. The van der Waals surface area contributed by atoms with Crippen LogP contribution in [0.4, 0.5) is 5.69 Å². The Hall–Kier alpha value is -3.18. The van der Waals surface area contributed by atoms with E-state index in [1.165, 1.54) is 29.2 Å². The minimum Gasteiger partial charge on any atom is -0.451 e. The van der Waals surface area contributed by atoms with E-state index in [-0.39, 0.29) is 5.91 Å². The lowest BCUT2D eigenvalue weighted by molar-refractivity contribution is -0.156. The zero-order valence-electron chi connectivity index (χ0n) is 15.3. The van der Waals surface area contributed by atoms with Crippen LogP contribution >= 0.6 is 11.3 Å². The van der Waals surface area contributed by atoms with E-state index in [2.05, 4.69) is 5.32 Å². The molecule has 2 heterocycles. The molecule has 8 heteroatoms. The molecule has 2 aromatic rings. The molecule has 1 aliphatic rings. The number of amides is 2. The topological polar surface area (TPSA) is 99.5 Å². The molecule has 1 aliphatic heterocycles. The molecule has 3 rings (SSSR count). The molecule has 2 atom stereocenters. The summed E-state index contributed by atoms with van der Waals surface area (Å²) in [5, 5.41) is 13.4. The van der Waals surface area contributed by atoms with Crippen LogP contribution in [0.5, 0.6) is 0 Å². The highest BCUT2D eigenvalue weighted by Crippen LogP contribution is 2.23. The molecule has 1 aromatic heterocycles. The first-order valence-electron chi connectivity index (χ1n) is 8.85. The first kappa shape index (κ1) is 19.6. The monoisotopic (exact) mass is 397 g/mol. The lowest BCUT2D eigenvalue weighted by Crippen LogP contribution is -2.43. The summed E-state index contributed by atoms with van der Waals surface area (Å²) in [7, 11) is 0. The lowest BCUT2D eigenvalue weighted by atomic mass is 10.2. The van der Waals surface area contributed by atoms with E-state index in [1.54, 1.807) is 30.3 Å². The van der Waals surface area contributed by atoms with Crippen LogP contribution in [0.25, 0.3) is 0 Å². The van der Waals surface area contributed by atoms with E-state index in [0.29, 0.717) is 35.5 Å². The molecule has 0 saturated carbocycles. The van der Waals surface area contributed by atoms with E-state index in [0.717, 1.165) is 0 Å². The number of nitriles is 1. The molecular formula is C20H19N3O4S. The number of nitrogens with zero attached hydrogens (tertiary/aromatic N) is 2. The van der Waals surface area contributed by atoms with Gasteiger partial charge < -0.3 is 15.0 Å². The van der Waals surface area contributed by atoms with Crippen LogP contribution < -0.4 is 5.32 Å². The number of likely N-dealkylation sites (tertiary alicyclic amines) is 1. The van der Waals surface area contributed by atoms with Crippen LogP contribution in [0.15, 0.2) is 41.8 Å². The van der Waals surface area contributed by atoms with Crippen LogP contribution in [0.3, 0.4) is 0 Å². The molecule has 1 saturated heterocycles. The Labute approximate surface area is 166 Å². The van der Waals surface area contributed by atoms with Crippen molar-refractivity contribution in [3.05, 3.63) is 52.2 Å². The first-order valence-corrected chi connectivity index (χ1v) is 9.73. The Balaban J connectivity index is 1.60. The molecule has 1 N–H and O–H groups in total. The molecule has 0 bridgehead atoms. The number of nitrogens with one attached hydrogen (secondary N) is 1. The molecule has 144 valence electrons. The minimum absolute atomic E-state index is 0.195. The third-order valence-electron chi connectivity index (χ3n) is 4.44.